The summed E-state index contributed by atoms with van der Waals surface area (Å²) in [5, 5.41) is 12.3. The molecule has 1 saturated carbocycles. The van der Waals surface area contributed by atoms with Gasteiger partial charge in [0.2, 0.25) is 11.8 Å². The van der Waals surface area contributed by atoms with E-state index in [1.54, 1.807) is 7.11 Å². The van der Waals surface area contributed by atoms with Crippen molar-refractivity contribution in [1.29, 1.82) is 0 Å². The van der Waals surface area contributed by atoms with Crippen molar-refractivity contribution >= 4 is 16.7 Å². The molecule has 6 aromatic rings. The Morgan fingerprint density at radius 3 is 2.48 bits per heavy atom. The molecule has 3 heterocycles. The van der Waals surface area contributed by atoms with Crippen LogP contribution in [0.1, 0.15) is 53.9 Å². The van der Waals surface area contributed by atoms with E-state index in [2.05, 4.69) is 75.2 Å². The molecule has 1 aliphatic heterocycles. The first-order valence-corrected chi connectivity index (χ1v) is 18.3. The van der Waals surface area contributed by atoms with E-state index < -0.39 is 0 Å². The fourth-order valence-electron chi connectivity index (χ4n) is 7.63. The lowest BCUT2D eigenvalue weighted by Gasteiger charge is -2.32. The van der Waals surface area contributed by atoms with Crippen LogP contribution in [0.25, 0.3) is 11.0 Å². The van der Waals surface area contributed by atoms with Crippen LogP contribution in [0, 0.1) is 25.7 Å². The van der Waals surface area contributed by atoms with Gasteiger partial charge in [-0.2, -0.15) is 0 Å². The highest BCUT2D eigenvalue weighted by Crippen LogP contribution is 2.54. The molecule has 10 heteroatoms. The molecule has 10 nitrogen and oxygen atoms in total. The fraction of sp³-hybridized carbons (Fsp3) is 0.357. The number of methoxy groups -OCH3 is 1. The molecule has 2 atom stereocenters. The Balaban J connectivity index is 0.835. The van der Waals surface area contributed by atoms with Crippen LogP contribution in [0.2, 0.25) is 0 Å². The molecule has 52 heavy (non-hydrogen) atoms. The lowest BCUT2D eigenvalue weighted by Crippen LogP contribution is -2.35. The standard InChI is InChI=1S/C42H46N6O4/c1-28-10-8-11-29(2)41(28)51-38-17-7-5-15-36(38)43-26-40-45-46-42(52-40)34-25-33(34)30-18-20-47(21-19-30)27-39-44-35-14-4-6-16-37(35)48(39)22-23-50-32-13-9-12-31(24-32)49-3/h4-17,24,30,33-34,43H,18-23,25-27H2,1-3H3. The Bertz CT molecular complexity index is 2110. The van der Waals surface area contributed by atoms with Crippen LogP contribution in [-0.4, -0.2) is 51.5 Å². The number of benzene rings is 4. The van der Waals surface area contributed by atoms with E-state index in [-0.39, 0.29) is 0 Å². The van der Waals surface area contributed by atoms with Crippen molar-refractivity contribution in [1.82, 2.24) is 24.6 Å². The number of para-hydroxylation sites is 5. The van der Waals surface area contributed by atoms with Gasteiger partial charge in [0, 0.05) is 12.0 Å². The van der Waals surface area contributed by atoms with Crippen LogP contribution in [0.5, 0.6) is 23.0 Å². The lowest BCUT2D eigenvalue weighted by molar-refractivity contribution is 0.158. The van der Waals surface area contributed by atoms with Gasteiger partial charge in [-0.3, -0.25) is 4.90 Å². The van der Waals surface area contributed by atoms with Gasteiger partial charge < -0.3 is 28.5 Å². The smallest absolute Gasteiger partial charge is 0.235 e. The van der Waals surface area contributed by atoms with E-state index in [1.807, 2.05) is 54.6 Å². The zero-order valence-corrected chi connectivity index (χ0v) is 30.1. The molecule has 0 spiro atoms. The van der Waals surface area contributed by atoms with Gasteiger partial charge >= 0.3 is 0 Å². The van der Waals surface area contributed by atoms with Crippen molar-refractivity contribution < 1.29 is 18.6 Å². The molecule has 1 N–H and O–H groups in total. The molecule has 2 aromatic heterocycles. The maximum atomic E-state index is 6.35. The second-order valence-corrected chi connectivity index (χ2v) is 14.0. The van der Waals surface area contributed by atoms with Gasteiger partial charge in [0.05, 0.1) is 43.5 Å². The van der Waals surface area contributed by atoms with Crippen molar-refractivity contribution in [2.75, 3.05) is 32.1 Å². The first-order valence-electron chi connectivity index (χ1n) is 18.3. The van der Waals surface area contributed by atoms with Crippen molar-refractivity contribution in [3.63, 3.8) is 0 Å². The largest absolute Gasteiger partial charge is 0.497 e. The third-order valence-corrected chi connectivity index (χ3v) is 10.5. The summed E-state index contributed by atoms with van der Waals surface area (Å²) in [6, 6.07) is 30.3. The second-order valence-electron chi connectivity index (χ2n) is 14.0. The van der Waals surface area contributed by atoms with Crippen LogP contribution in [-0.2, 0) is 19.6 Å². The molecule has 1 saturated heterocycles. The number of nitrogens with zero attached hydrogens (tertiary/aromatic N) is 5. The molecule has 1 aliphatic carbocycles. The number of piperidine rings is 1. The molecule has 8 rings (SSSR count). The zero-order chi connectivity index (χ0) is 35.4. The average molecular weight is 699 g/mol. The van der Waals surface area contributed by atoms with Gasteiger partial charge in [0.25, 0.3) is 0 Å². The molecule has 0 amide bonds. The van der Waals surface area contributed by atoms with Gasteiger partial charge in [0.15, 0.2) is 5.75 Å². The van der Waals surface area contributed by atoms with E-state index >= 15 is 0 Å². The number of hydrogen-bond acceptors (Lipinski definition) is 9. The van der Waals surface area contributed by atoms with E-state index in [0.717, 1.165) is 95.2 Å². The van der Waals surface area contributed by atoms with Crippen molar-refractivity contribution in [2.45, 2.75) is 58.7 Å². The maximum absolute atomic E-state index is 6.35. The highest BCUT2D eigenvalue weighted by molar-refractivity contribution is 5.75. The first-order chi connectivity index (χ1) is 25.5. The summed E-state index contributed by atoms with van der Waals surface area (Å²) in [6.45, 7) is 8.78. The number of nitrogens with one attached hydrogen (secondary N) is 1. The molecule has 2 fully saturated rings. The number of rotatable bonds is 14. The Morgan fingerprint density at radius 1 is 0.865 bits per heavy atom. The summed E-state index contributed by atoms with van der Waals surface area (Å²) in [7, 11) is 1.67. The van der Waals surface area contributed by atoms with Crippen LogP contribution in [0.15, 0.2) is 95.4 Å². The van der Waals surface area contributed by atoms with Crippen molar-refractivity contribution in [3.8, 4) is 23.0 Å². The minimum absolute atomic E-state index is 0.353. The number of aromatic nitrogens is 4. The Hall–Kier alpha value is -5.35. The summed E-state index contributed by atoms with van der Waals surface area (Å²) in [6.07, 6.45) is 3.45. The molecule has 268 valence electrons. The summed E-state index contributed by atoms with van der Waals surface area (Å²) >= 11 is 0. The Kier molecular flexibility index (Phi) is 9.80. The van der Waals surface area contributed by atoms with E-state index in [1.165, 1.54) is 12.8 Å². The third kappa shape index (κ3) is 7.48. The number of aryl methyl sites for hydroxylation is 2. The van der Waals surface area contributed by atoms with Gasteiger partial charge in [-0.1, -0.05) is 48.5 Å². The number of imidazole rings is 1. The molecule has 2 aliphatic rings. The predicted octanol–water partition coefficient (Wildman–Crippen LogP) is 8.54. The molecule has 4 aromatic carbocycles. The van der Waals surface area contributed by atoms with Gasteiger partial charge in [-0.05, 0) is 106 Å². The average Bonchev–Trinajstić information content (AvgIpc) is 3.69. The van der Waals surface area contributed by atoms with E-state index in [0.29, 0.717) is 36.8 Å². The van der Waals surface area contributed by atoms with E-state index in [4.69, 9.17) is 23.6 Å². The van der Waals surface area contributed by atoms with Crippen LogP contribution in [0.4, 0.5) is 5.69 Å². The summed E-state index contributed by atoms with van der Waals surface area (Å²) in [5.74, 6) is 7.32. The third-order valence-electron chi connectivity index (χ3n) is 10.5. The quantitative estimate of drug-likeness (QED) is 0.120. The predicted molar refractivity (Wildman–Crippen MR) is 201 cm³/mol. The van der Waals surface area contributed by atoms with Crippen LogP contribution < -0.4 is 19.5 Å². The number of anilines is 1. The summed E-state index contributed by atoms with van der Waals surface area (Å²) in [5.41, 5.74) is 5.26. The molecular formula is C42H46N6O4. The first kappa shape index (κ1) is 33.8. The lowest BCUT2D eigenvalue weighted by atomic mass is 9.91. The summed E-state index contributed by atoms with van der Waals surface area (Å²) in [4.78, 5) is 7.60. The SMILES string of the molecule is COc1cccc(OCCn2c(CN3CCC(C4CC4c4nnc(CNc5ccccc5Oc5c(C)cccc5C)o4)CC3)nc3ccccc32)c1. The number of fused-ring (bicyclic) bond motifs is 1. The molecular weight excluding hydrogens is 652 g/mol. The van der Waals surface area contributed by atoms with Crippen molar-refractivity contribution in [2.24, 2.45) is 11.8 Å². The minimum Gasteiger partial charge on any atom is -0.497 e. The zero-order valence-electron chi connectivity index (χ0n) is 30.1. The van der Waals surface area contributed by atoms with Gasteiger partial charge in [0.1, 0.15) is 29.7 Å². The molecule has 2 unspecified atom stereocenters. The van der Waals surface area contributed by atoms with E-state index in [9.17, 15) is 0 Å². The topological polar surface area (TPSA) is 99.7 Å². The van der Waals surface area contributed by atoms with Crippen LogP contribution >= 0.6 is 0 Å². The number of likely N-dealkylation sites (tertiary alicyclic amines) is 1. The number of hydrogen-bond donors (Lipinski definition) is 1. The fourth-order valence-corrected chi connectivity index (χ4v) is 7.63. The normalized spacial score (nSPS) is 17.7. The highest BCUT2D eigenvalue weighted by atomic mass is 16.5. The van der Waals surface area contributed by atoms with Gasteiger partial charge in [-0.15, -0.1) is 10.2 Å². The maximum Gasteiger partial charge on any atom is 0.235 e. The minimum atomic E-state index is 0.353. The van der Waals surface area contributed by atoms with Gasteiger partial charge in [-0.25, -0.2) is 4.98 Å². The molecule has 0 bridgehead atoms. The highest BCUT2D eigenvalue weighted by Gasteiger charge is 2.47. The Morgan fingerprint density at radius 2 is 1.63 bits per heavy atom. The monoisotopic (exact) mass is 698 g/mol. The Labute approximate surface area is 304 Å². The second kappa shape index (κ2) is 15.1. The number of ether oxygens (including phenoxy) is 3. The van der Waals surface area contributed by atoms with Crippen molar-refractivity contribution in [3.05, 3.63) is 120 Å². The van der Waals surface area contributed by atoms with Crippen LogP contribution in [0.3, 0.4) is 0 Å². The summed E-state index contributed by atoms with van der Waals surface area (Å²) < 4.78 is 26.3. The molecule has 0 radical (unpaired) electrons.